The van der Waals surface area contributed by atoms with Crippen molar-refractivity contribution >= 4 is 11.5 Å². The topological polar surface area (TPSA) is 73.1 Å². The number of fused-ring (bicyclic) bond motifs is 1. The van der Waals surface area contributed by atoms with Crippen LogP contribution in [0.1, 0.15) is 29.8 Å². The van der Waals surface area contributed by atoms with Crippen LogP contribution in [-0.4, -0.2) is 33.7 Å². The van der Waals surface area contributed by atoms with E-state index in [0.29, 0.717) is 36.0 Å². The van der Waals surface area contributed by atoms with Crippen molar-refractivity contribution < 1.29 is 19.4 Å². The van der Waals surface area contributed by atoms with Crippen molar-refractivity contribution in [2.75, 3.05) is 13.2 Å². The Morgan fingerprint density at radius 2 is 2.04 bits per heavy atom. The summed E-state index contributed by atoms with van der Waals surface area (Å²) in [4.78, 5) is 16.9. The highest BCUT2D eigenvalue weighted by molar-refractivity contribution is 5.98. The quantitative estimate of drug-likeness (QED) is 0.698. The second-order valence-corrected chi connectivity index (χ2v) is 5.41. The molecule has 6 heteroatoms. The molecule has 25 heavy (non-hydrogen) atoms. The number of ether oxygens (including phenoxy) is 2. The first-order chi connectivity index (χ1) is 12.2. The monoisotopic (exact) mass is 340 g/mol. The Hall–Kier alpha value is -2.86. The minimum absolute atomic E-state index is 0.0656. The minimum Gasteiger partial charge on any atom is -0.478 e. The van der Waals surface area contributed by atoms with Crippen LogP contribution < -0.4 is 4.74 Å². The third-order valence-corrected chi connectivity index (χ3v) is 3.77. The lowest BCUT2D eigenvalue weighted by atomic mass is 10.1. The summed E-state index contributed by atoms with van der Waals surface area (Å²) in [5.74, 6) is 0.0899. The Kier molecular flexibility index (Phi) is 5.00. The average molecular weight is 340 g/mol. The van der Waals surface area contributed by atoms with Crippen molar-refractivity contribution in [1.29, 1.82) is 0 Å². The van der Waals surface area contributed by atoms with Crippen LogP contribution in [0, 0.1) is 0 Å². The molecule has 0 fully saturated rings. The molecule has 3 rings (SSSR count). The smallest absolute Gasteiger partial charge is 0.340 e. The van der Waals surface area contributed by atoms with Crippen molar-refractivity contribution in [2.24, 2.45) is 0 Å². The first-order valence-corrected chi connectivity index (χ1v) is 8.20. The summed E-state index contributed by atoms with van der Waals surface area (Å²) in [7, 11) is 0. The number of aromatic nitrogens is 2. The third-order valence-electron chi connectivity index (χ3n) is 3.77. The number of aliphatic hydroxyl groups is 1. The van der Waals surface area contributed by atoms with Crippen LogP contribution in [-0.2, 0) is 11.3 Å². The minimum atomic E-state index is -0.407. The summed E-state index contributed by atoms with van der Waals surface area (Å²) in [6.07, 6.45) is 1.81. The van der Waals surface area contributed by atoms with Gasteiger partial charge in [-0.05, 0) is 43.7 Å². The number of carbonyl (C=O) groups excluding carboxylic acids is 1. The van der Waals surface area contributed by atoms with E-state index in [1.165, 1.54) is 0 Å². The maximum Gasteiger partial charge on any atom is 0.340 e. The Labute approximate surface area is 145 Å². The van der Waals surface area contributed by atoms with E-state index in [-0.39, 0.29) is 6.61 Å². The van der Waals surface area contributed by atoms with E-state index in [4.69, 9.17) is 9.47 Å². The zero-order valence-electron chi connectivity index (χ0n) is 14.2. The molecule has 1 N–H and O–H groups in total. The van der Waals surface area contributed by atoms with Gasteiger partial charge >= 0.3 is 5.97 Å². The van der Waals surface area contributed by atoms with E-state index < -0.39 is 5.97 Å². The Morgan fingerprint density at radius 1 is 1.20 bits per heavy atom. The van der Waals surface area contributed by atoms with E-state index >= 15 is 0 Å². The van der Waals surface area contributed by atoms with Crippen molar-refractivity contribution in [3.05, 3.63) is 53.7 Å². The highest BCUT2D eigenvalue weighted by Gasteiger charge is 2.21. The highest BCUT2D eigenvalue weighted by atomic mass is 16.5. The van der Waals surface area contributed by atoms with Gasteiger partial charge < -0.3 is 19.0 Å². The fourth-order valence-corrected chi connectivity index (χ4v) is 2.72. The van der Waals surface area contributed by atoms with Gasteiger partial charge in [-0.2, -0.15) is 0 Å². The largest absolute Gasteiger partial charge is 0.478 e. The molecule has 0 saturated carbocycles. The molecule has 0 aliphatic carbocycles. The van der Waals surface area contributed by atoms with Crippen LogP contribution in [0.5, 0.6) is 5.88 Å². The van der Waals surface area contributed by atoms with Crippen LogP contribution in [0.3, 0.4) is 0 Å². The molecule has 3 aromatic heterocycles. The predicted molar refractivity (Wildman–Crippen MR) is 93.7 cm³/mol. The Balaban J connectivity index is 2.21. The van der Waals surface area contributed by atoms with Crippen LogP contribution in [0.15, 0.2) is 42.6 Å². The molecule has 3 heterocycles. The number of carbonyl (C=O) groups is 1. The van der Waals surface area contributed by atoms with E-state index in [2.05, 4.69) is 4.98 Å². The summed E-state index contributed by atoms with van der Waals surface area (Å²) >= 11 is 0. The molecule has 0 aromatic carbocycles. The Bertz CT molecular complexity index is 902. The summed E-state index contributed by atoms with van der Waals surface area (Å²) in [5.41, 5.74) is 3.24. The van der Waals surface area contributed by atoms with Gasteiger partial charge in [-0.25, -0.2) is 9.78 Å². The first kappa shape index (κ1) is 17.0. The van der Waals surface area contributed by atoms with Gasteiger partial charge in [0.15, 0.2) is 0 Å². The molecule has 3 aromatic rings. The summed E-state index contributed by atoms with van der Waals surface area (Å²) in [6, 6.07) is 10.8. The van der Waals surface area contributed by atoms with Crippen molar-refractivity contribution in [2.45, 2.75) is 20.5 Å². The molecular weight excluding hydrogens is 320 g/mol. The number of pyridine rings is 2. The first-order valence-electron chi connectivity index (χ1n) is 8.20. The molecule has 0 aliphatic heterocycles. The summed E-state index contributed by atoms with van der Waals surface area (Å²) in [5, 5.41) is 9.35. The Morgan fingerprint density at radius 3 is 2.76 bits per heavy atom. The molecular formula is C19H20N2O4. The predicted octanol–water partition coefficient (Wildman–Crippen LogP) is 3.07. The van der Waals surface area contributed by atoms with Crippen molar-refractivity contribution in [1.82, 2.24) is 9.38 Å². The van der Waals surface area contributed by atoms with Gasteiger partial charge in [0.05, 0.1) is 36.8 Å². The van der Waals surface area contributed by atoms with E-state index in [1.807, 2.05) is 35.7 Å². The van der Waals surface area contributed by atoms with Gasteiger partial charge in [0.25, 0.3) is 0 Å². The van der Waals surface area contributed by atoms with Gasteiger partial charge in [-0.1, -0.05) is 6.07 Å². The standard InChI is InChI=1S/C19H20N2O4/c1-3-24-17-7-5-6-16(20-17)18-15(19(23)25-4-2)11-14-10-13(12-22)8-9-21(14)18/h5-11,22H,3-4,12H2,1-2H3. The van der Waals surface area contributed by atoms with Gasteiger partial charge in [-0.15, -0.1) is 0 Å². The zero-order chi connectivity index (χ0) is 17.8. The average Bonchev–Trinajstić information content (AvgIpc) is 3.01. The van der Waals surface area contributed by atoms with E-state index in [0.717, 1.165) is 11.1 Å². The summed E-state index contributed by atoms with van der Waals surface area (Å²) in [6.45, 7) is 4.39. The third kappa shape index (κ3) is 3.34. The highest BCUT2D eigenvalue weighted by Crippen LogP contribution is 2.29. The lowest BCUT2D eigenvalue weighted by molar-refractivity contribution is 0.0527. The molecule has 0 bridgehead atoms. The zero-order valence-corrected chi connectivity index (χ0v) is 14.2. The maximum atomic E-state index is 12.4. The number of rotatable bonds is 6. The molecule has 0 unspecified atom stereocenters. The van der Waals surface area contributed by atoms with Crippen LogP contribution in [0.4, 0.5) is 0 Å². The number of hydrogen-bond donors (Lipinski definition) is 1. The lowest BCUT2D eigenvalue weighted by Crippen LogP contribution is -2.06. The van der Waals surface area contributed by atoms with Crippen LogP contribution >= 0.6 is 0 Å². The number of esters is 1. The molecule has 0 radical (unpaired) electrons. The number of hydrogen-bond acceptors (Lipinski definition) is 5. The normalized spacial score (nSPS) is 10.8. The second-order valence-electron chi connectivity index (χ2n) is 5.41. The number of nitrogens with zero attached hydrogens (tertiary/aromatic N) is 2. The van der Waals surface area contributed by atoms with Gasteiger partial charge in [-0.3, -0.25) is 0 Å². The van der Waals surface area contributed by atoms with Crippen molar-refractivity contribution in [3.8, 4) is 17.3 Å². The fraction of sp³-hybridized carbons (Fsp3) is 0.263. The summed E-state index contributed by atoms with van der Waals surface area (Å²) < 4.78 is 12.5. The van der Waals surface area contributed by atoms with Crippen LogP contribution in [0.2, 0.25) is 0 Å². The fourth-order valence-electron chi connectivity index (χ4n) is 2.72. The van der Waals surface area contributed by atoms with E-state index in [1.54, 1.807) is 25.1 Å². The van der Waals surface area contributed by atoms with Gasteiger partial charge in [0.2, 0.25) is 5.88 Å². The number of aliphatic hydroxyl groups excluding tert-OH is 1. The van der Waals surface area contributed by atoms with Crippen molar-refractivity contribution in [3.63, 3.8) is 0 Å². The molecule has 0 atom stereocenters. The molecule has 0 amide bonds. The van der Waals surface area contributed by atoms with Gasteiger partial charge in [0, 0.05) is 17.8 Å². The SMILES string of the molecule is CCOC(=O)c1cc2cc(CO)ccn2c1-c1cccc(OCC)n1. The van der Waals surface area contributed by atoms with E-state index in [9.17, 15) is 9.90 Å². The second kappa shape index (κ2) is 7.36. The molecule has 0 saturated heterocycles. The maximum absolute atomic E-state index is 12.4. The lowest BCUT2D eigenvalue weighted by Gasteiger charge is -2.08. The molecule has 0 aliphatic rings. The van der Waals surface area contributed by atoms with Crippen LogP contribution in [0.25, 0.3) is 16.9 Å². The molecule has 130 valence electrons. The van der Waals surface area contributed by atoms with Gasteiger partial charge in [0.1, 0.15) is 0 Å². The molecule has 6 nitrogen and oxygen atoms in total. The molecule has 0 spiro atoms.